The van der Waals surface area contributed by atoms with E-state index in [4.69, 9.17) is 4.74 Å². The van der Waals surface area contributed by atoms with E-state index in [2.05, 4.69) is 16.8 Å². The first-order chi connectivity index (χ1) is 10.0. The summed E-state index contributed by atoms with van der Waals surface area (Å²) in [7, 11) is -1.91. The van der Waals surface area contributed by atoms with E-state index in [1.807, 2.05) is 0 Å². The van der Waals surface area contributed by atoms with Gasteiger partial charge in [0.15, 0.2) is 0 Å². The predicted molar refractivity (Wildman–Crippen MR) is 78.8 cm³/mol. The van der Waals surface area contributed by atoms with Gasteiger partial charge in [-0.05, 0) is 38.5 Å². The fourth-order valence-electron chi connectivity index (χ4n) is 3.03. The summed E-state index contributed by atoms with van der Waals surface area (Å²) in [6.45, 7) is 5.76. The van der Waals surface area contributed by atoms with Gasteiger partial charge in [0.2, 0.25) is 15.9 Å². The molecule has 0 radical (unpaired) electrons. The summed E-state index contributed by atoms with van der Waals surface area (Å²) in [5.74, 6) is 0.422. The summed E-state index contributed by atoms with van der Waals surface area (Å²) < 4.78 is 31.9. The lowest BCUT2D eigenvalue weighted by Crippen LogP contribution is -2.40. The zero-order valence-corrected chi connectivity index (χ0v) is 13.3. The number of likely N-dealkylation sites (tertiary alicyclic amines) is 1. The molecule has 0 N–H and O–H groups in total. The topological polar surface area (TPSA) is 62.5 Å². The van der Waals surface area contributed by atoms with Crippen molar-refractivity contribution < 1.29 is 13.2 Å². The van der Waals surface area contributed by atoms with Crippen LogP contribution in [0.25, 0.3) is 0 Å². The van der Waals surface area contributed by atoms with Crippen LogP contribution >= 0.6 is 0 Å². The van der Waals surface area contributed by atoms with Crippen LogP contribution < -0.4 is 4.74 Å². The van der Waals surface area contributed by atoms with Gasteiger partial charge in [0.25, 0.3) is 0 Å². The van der Waals surface area contributed by atoms with Gasteiger partial charge in [0.05, 0.1) is 18.8 Å². The molecule has 2 saturated heterocycles. The van der Waals surface area contributed by atoms with Crippen molar-refractivity contribution in [1.29, 1.82) is 0 Å². The Morgan fingerprint density at radius 2 is 2.05 bits per heavy atom. The molecule has 2 fully saturated rings. The van der Waals surface area contributed by atoms with E-state index in [1.165, 1.54) is 13.3 Å². The number of ether oxygens (including phenoxy) is 1. The van der Waals surface area contributed by atoms with Gasteiger partial charge >= 0.3 is 0 Å². The molecule has 2 aliphatic rings. The number of pyridine rings is 1. The minimum absolute atomic E-state index is 0.148. The molecule has 3 heterocycles. The molecule has 21 heavy (non-hydrogen) atoms. The fraction of sp³-hybridized carbons (Fsp3) is 0.643. The van der Waals surface area contributed by atoms with Crippen molar-refractivity contribution in [3.05, 3.63) is 18.3 Å². The Balaban J connectivity index is 1.75. The number of rotatable bonds is 4. The number of hydrogen-bond donors (Lipinski definition) is 0. The average molecular weight is 311 g/mol. The Morgan fingerprint density at radius 1 is 1.33 bits per heavy atom. The second-order valence-corrected chi connectivity index (χ2v) is 7.57. The van der Waals surface area contributed by atoms with Crippen LogP contribution in [0.2, 0.25) is 0 Å². The third kappa shape index (κ3) is 2.54. The van der Waals surface area contributed by atoms with Crippen LogP contribution in [-0.4, -0.2) is 61.4 Å². The number of sulfonamides is 1. The van der Waals surface area contributed by atoms with E-state index in [9.17, 15) is 8.42 Å². The third-order valence-corrected chi connectivity index (χ3v) is 6.54. The highest BCUT2D eigenvalue weighted by atomic mass is 32.2. The lowest BCUT2D eigenvalue weighted by atomic mass is 9.97. The molecule has 1 spiro atoms. The monoisotopic (exact) mass is 311 g/mol. The van der Waals surface area contributed by atoms with Gasteiger partial charge in [-0.2, -0.15) is 4.31 Å². The van der Waals surface area contributed by atoms with Crippen LogP contribution in [0.3, 0.4) is 0 Å². The maximum atomic E-state index is 12.7. The minimum atomic E-state index is -3.43. The Hall–Kier alpha value is -1.18. The second-order valence-electron chi connectivity index (χ2n) is 5.71. The average Bonchev–Trinajstić information content (AvgIpc) is 3.23. The molecule has 0 bridgehead atoms. The molecule has 0 aliphatic carbocycles. The lowest BCUT2D eigenvalue weighted by Gasteiger charge is -2.31. The van der Waals surface area contributed by atoms with Crippen molar-refractivity contribution in [3.8, 4) is 5.88 Å². The van der Waals surface area contributed by atoms with Gasteiger partial charge in [0, 0.05) is 12.6 Å². The molecule has 0 saturated carbocycles. The van der Waals surface area contributed by atoms with Crippen LogP contribution in [0, 0.1) is 0 Å². The first-order valence-electron chi connectivity index (χ1n) is 7.27. The van der Waals surface area contributed by atoms with E-state index in [-0.39, 0.29) is 10.4 Å². The highest BCUT2D eigenvalue weighted by Gasteiger charge is 2.59. The van der Waals surface area contributed by atoms with Crippen LogP contribution in [0.1, 0.15) is 19.8 Å². The van der Waals surface area contributed by atoms with Crippen molar-refractivity contribution in [1.82, 2.24) is 14.2 Å². The Labute approximate surface area is 125 Å². The minimum Gasteiger partial charge on any atom is -0.481 e. The largest absolute Gasteiger partial charge is 0.481 e. The second kappa shape index (κ2) is 5.23. The van der Waals surface area contributed by atoms with Crippen LogP contribution in [0.4, 0.5) is 0 Å². The van der Waals surface area contributed by atoms with Crippen molar-refractivity contribution in [2.75, 3.05) is 33.3 Å². The van der Waals surface area contributed by atoms with Crippen molar-refractivity contribution in [2.24, 2.45) is 0 Å². The molecular formula is C14H21N3O3S. The van der Waals surface area contributed by atoms with Crippen LogP contribution in [0.5, 0.6) is 5.88 Å². The Morgan fingerprint density at radius 3 is 2.57 bits per heavy atom. The molecule has 6 nitrogen and oxygen atoms in total. The van der Waals surface area contributed by atoms with Crippen molar-refractivity contribution >= 4 is 10.0 Å². The molecule has 0 amide bonds. The molecule has 3 rings (SSSR count). The lowest BCUT2D eigenvalue weighted by molar-refractivity contribution is 0.200. The number of hydrogen-bond acceptors (Lipinski definition) is 5. The summed E-state index contributed by atoms with van der Waals surface area (Å²) in [6, 6.07) is 3.15. The van der Waals surface area contributed by atoms with Crippen molar-refractivity contribution in [2.45, 2.75) is 30.2 Å². The van der Waals surface area contributed by atoms with Gasteiger partial charge in [0.1, 0.15) is 4.90 Å². The first kappa shape index (κ1) is 14.7. The summed E-state index contributed by atoms with van der Waals surface area (Å²) in [4.78, 5) is 6.61. The molecule has 1 aromatic heterocycles. The summed E-state index contributed by atoms with van der Waals surface area (Å²) in [5.41, 5.74) is -0.148. The quantitative estimate of drug-likeness (QED) is 0.775. The number of aromatic nitrogens is 1. The van der Waals surface area contributed by atoms with Gasteiger partial charge in [-0.3, -0.25) is 0 Å². The van der Waals surface area contributed by atoms with E-state index in [1.54, 1.807) is 16.4 Å². The molecule has 1 unspecified atom stereocenters. The van der Waals surface area contributed by atoms with E-state index < -0.39 is 10.0 Å². The molecule has 2 aliphatic heterocycles. The Bertz CT molecular complexity index is 607. The van der Waals surface area contributed by atoms with Crippen LogP contribution in [-0.2, 0) is 10.0 Å². The van der Waals surface area contributed by atoms with Gasteiger partial charge in [-0.25, -0.2) is 13.4 Å². The van der Waals surface area contributed by atoms with E-state index in [0.29, 0.717) is 12.4 Å². The van der Waals surface area contributed by atoms with Crippen LogP contribution in [0.15, 0.2) is 23.2 Å². The SMILES string of the molecule is CCN1CCC2(CC1)CN2S(=O)(=O)c1ccc(OC)nc1. The van der Waals surface area contributed by atoms with Gasteiger partial charge in [-0.1, -0.05) is 6.92 Å². The van der Waals surface area contributed by atoms with Gasteiger partial charge < -0.3 is 9.64 Å². The standard InChI is InChI=1S/C14H21N3O3S/c1-3-16-8-6-14(7-9-16)11-17(14)21(18,19)12-4-5-13(20-2)15-10-12/h4-5,10H,3,6-9,11H2,1-2H3. The summed E-state index contributed by atoms with van der Waals surface area (Å²) in [5, 5.41) is 0. The van der Waals surface area contributed by atoms with E-state index in [0.717, 1.165) is 32.5 Å². The zero-order valence-electron chi connectivity index (χ0n) is 12.4. The number of piperidine rings is 1. The smallest absolute Gasteiger partial charge is 0.245 e. The Kier molecular flexibility index (Phi) is 3.67. The number of methoxy groups -OCH3 is 1. The van der Waals surface area contributed by atoms with Gasteiger partial charge in [-0.15, -0.1) is 0 Å². The molecule has 7 heteroatoms. The third-order valence-electron chi connectivity index (χ3n) is 4.60. The molecule has 116 valence electrons. The maximum absolute atomic E-state index is 12.7. The molecule has 0 aromatic carbocycles. The zero-order chi connectivity index (χ0) is 15.1. The molecule has 1 aromatic rings. The predicted octanol–water partition coefficient (Wildman–Crippen LogP) is 0.949. The maximum Gasteiger partial charge on any atom is 0.245 e. The molecule has 1 atom stereocenters. The molecular weight excluding hydrogens is 290 g/mol. The first-order valence-corrected chi connectivity index (χ1v) is 8.71. The normalized spacial score (nSPS) is 25.0. The number of nitrogens with zero attached hydrogens (tertiary/aromatic N) is 3. The summed E-state index contributed by atoms with van der Waals surface area (Å²) in [6.07, 6.45) is 3.22. The van der Waals surface area contributed by atoms with E-state index >= 15 is 0 Å². The highest BCUT2D eigenvalue weighted by molar-refractivity contribution is 7.89. The fourth-order valence-corrected chi connectivity index (χ4v) is 4.82. The highest BCUT2D eigenvalue weighted by Crippen LogP contribution is 2.45. The van der Waals surface area contributed by atoms with Crippen molar-refractivity contribution in [3.63, 3.8) is 0 Å². The summed E-state index contributed by atoms with van der Waals surface area (Å²) >= 11 is 0.